The predicted octanol–water partition coefficient (Wildman–Crippen LogP) is 5.27. The van der Waals surface area contributed by atoms with Gasteiger partial charge in [0.25, 0.3) is 5.56 Å². The molecule has 3 aromatic rings. The second-order valence-corrected chi connectivity index (χ2v) is 8.02. The average Bonchev–Trinajstić information content (AvgIpc) is 2.82. The number of methoxy groups -OCH3 is 1. The Kier molecular flexibility index (Phi) is 8.03. The van der Waals surface area contributed by atoms with Crippen LogP contribution >= 0.6 is 0 Å². The zero-order valence-corrected chi connectivity index (χ0v) is 19.5. The molecular weight excluding hydrogens is 402 g/mol. The molecule has 2 aromatic carbocycles. The summed E-state index contributed by atoms with van der Waals surface area (Å²) in [6.45, 7) is 6.75. The molecular formula is C26H33N3O3. The first kappa shape index (κ1) is 23.5. The third-order valence-electron chi connectivity index (χ3n) is 5.75. The highest BCUT2D eigenvalue weighted by Crippen LogP contribution is 2.28. The molecule has 0 spiro atoms. The van der Waals surface area contributed by atoms with Gasteiger partial charge in [0.15, 0.2) is 0 Å². The van der Waals surface area contributed by atoms with Crippen molar-refractivity contribution in [3.8, 4) is 11.4 Å². The third kappa shape index (κ3) is 4.85. The number of fused-ring (bicyclic) bond motifs is 1. The molecule has 0 bridgehead atoms. The molecule has 0 radical (unpaired) electrons. The SMILES string of the molecule is CCCCCC(=O)N(CCC)C(C)c1nc2ccccc2c(=O)n1-c1ccccc1OC. The lowest BCUT2D eigenvalue weighted by molar-refractivity contribution is -0.133. The molecule has 0 N–H and O–H groups in total. The predicted molar refractivity (Wildman–Crippen MR) is 128 cm³/mol. The Labute approximate surface area is 189 Å². The van der Waals surface area contributed by atoms with Crippen molar-refractivity contribution < 1.29 is 9.53 Å². The molecule has 32 heavy (non-hydrogen) atoms. The molecule has 0 saturated heterocycles. The van der Waals surface area contributed by atoms with E-state index in [1.807, 2.05) is 54.3 Å². The number of ether oxygens (including phenoxy) is 1. The Morgan fingerprint density at radius 2 is 1.78 bits per heavy atom. The van der Waals surface area contributed by atoms with E-state index in [0.717, 1.165) is 25.7 Å². The first-order valence-electron chi connectivity index (χ1n) is 11.5. The van der Waals surface area contributed by atoms with Gasteiger partial charge >= 0.3 is 0 Å². The Morgan fingerprint density at radius 1 is 1.06 bits per heavy atom. The molecule has 6 heteroatoms. The summed E-state index contributed by atoms with van der Waals surface area (Å²) < 4.78 is 7.16. The molecule has 3 rings (SSSR count). The van der Waals surface area contributed by atoms with Crippen LogP contribution in [0.25, 0.3) is 16.6 Å². The van der Waals surface area contributed by atoms with Gasteiger partial charge in [0.1, 0.15) is 11.6 Å². The molecule has 6 nitrogen and oxygen atoms in total. The van der Waals surface area contributed by atoms with E-state index in [-0.39, 0.29) is 17.5 Å². The maximum atomic E-state index is 13.6. The summed E-state index contributed by atoms with van der Waals surface area (Å²) >= 11 is 0. The molecule has 0 saturated carbocycles. The minimum absolute atomic E-state index is 0.0989. The number of nitrogens with zero attached hydrogens (tertiary/aromatic N) is 3. The first-order chi connectivity index (χ1) is 15.5. The van der Waals surface area contributed by atoms with E-state index in [9.17, 15) is 9.59 Å². The lowest BCUT2D eigenvalue weighted by atomic mass is 10.1. The lowest BCUT2D eigenvalue weighted by Gasteiger charge is -2.30. The Hall–Kier alpha value is -3.15. The topological polar surface area (TPSA) is 64.4 Å². The fraction of sp³-hybridized carbons (Fsp3) is 0.423. The number of para-hydroxylation sites is 3. The minimum Gasteiger partial charge on any atom is -0.495 e. The summed E-state index contributed by atoms with van der Waals surface area (Å²) in [5.41, 5.74) is 1.08. The Balaban J connectivity index is 2.19. The van der Waals surface area contributed by atoms with Crippen LogP contribution in [0.3, 0.4) is 0 Å². The standard InChI is InChI=1S/C26H33N3O3/c1-5-7-8-17-24(30)28(18-6-2)19(3)25-27-21-14-10-9-13-20(21)26(31)29(25)22-15-11-12-16-23(22)32-4/h9-16,19H,5-8,17-18H2,1-4H3. The molecule has 1 heterocycles. The zero-order chi connectivity index (χ0) is 23.1. The van der Waals surface area contributed by atoms with E-state index in [0.29, 0.717) is 41.1 Å². The molecule has 1 amide bonds. The van der Waals surface area contributed by atoms with Crippen molar-refractivity contribution >= 4 is 16.8 Å². The van der Waals surface area contributed by atoms with Crippen molar-refractivity contribution in [3.63, 3.8) is 0 Å². The van der Waals surface area contributed by atoms with Crippen molar-refractivity contribution in [1.82, 2.24) is 14.5 Å². The molecule has 0 aliphatic heterocycles. The van der Waals surface area contributed by atoms with Gasteiger partial charge in [-0.3, -0.25) is 14.2 Å². The zero-order valence-electron chi connectivity index (χ0n) is 19.5. The molecule has 1 aromatic heterocycles. The van der Waals surface area contributed by atoms with Gasteiger partial charge in [0, 0.05) is 13.0 Å². The normalized spacial score (nSPS) is 12.0. The van der Waals surface area contributed by atoms with Crippen LogP contribution in [-0.4, -0.2) is 34.0 Å². The van der Waals surface area contributed by atoms with Gasteiger partial charge in [-0.05, 0) is 44.0 Å². The maximum absolute atomic E-state index is 13.6. The summed E-state index contributed by atoms with van der Waals surface area (Å²) in [7, 11) is 1.59. The minimum atomic E-state index is -0.369. The molecule has 0 aliphatic carbocycles. The number of aromatic nitrogens is 2. The van der Waals surface area contributed by atoms with Crippen LogP contribution in [0.15, 0.2) is 53.3 Å². The van der Waals surface area contributed by atoms with Crippen molar-refractivity contribution in [2.75, 3.05) is 13.7 Å². The van der Waals surface area contributed by atoms with Gasteiger partial charge in [-0.15, -0.1) is 0 Å². The van der Waals surface area contributed by atoms with Crippen LogP contribution in [0, 0.1) is 0 Å². The summed E-state index contributed by atoms with van der Waals surface area (Å²) in [5, 5.41) is 0.533. The van der Waals surface area contributed by atoms with Crippen LogP contribution in [0.1, 0.15) is 64.7 Å². The van der Waals surface area contributed by atoms with E-state index in [2.05, 4.69) is 13.8 Å². The number of amides is 1. The monoisotopic (exact) mass is 435 g/mol. The highest BCUT2D eigenvalue weighted by atomic mass is 16.5. The number of rotatable bonds is 10. The second kappa shape index (κ2) is 10.9. The average molecular weight is 436 g/mol. The van der Waals surface area contributed by atoms with Crippen LogP contribution in [0.5, 0.6) is 5.75 Å². The fourth-order valence-corrected chi connectivity index (χ4v) is 4.06. The third-order valence-corrected chi connectivity index (χ3v) is 5.75. The van der Waals surface area contributed by atoms with Crippen LogP contribution in [-0.2, 0) is 4.79 Å². The molecule has 0 aliphatic rings. The van der Waals surface area contributed by atoms with Gasteiger partial charge < -0.3 is 9.64 Å². The quantitative estimate of drug-likeness (QED) is 0.407. The number of hydrogen-bond donors (Lipinski definition) is 0. The number of carbonyl (C=O) groups excluding carboxylic acids is 1. The van der Waals surface area contributed by atoms with E-state index in [1.165, 1.54) is 0 Å². The van der Waals surface area contributed by atoms with E-state index >= 15 is 0 Å². The number of carbonyl (C=O) groups is 1. The summed E-state index contributed by atoms with van der Waals surface area (Å²) in [6.07, 6.45) is 4.30. The van der Waals surface area contributed by atoms with Crippen LogP contribution in [0.4, 0.5) is 0 Å². The number of benzene rings is 2. The largest absolute Gasteiger partial charge is 0.495 e. The molecule has 170 valence electrons. The van der Waals surface area contributed by atoms with Gasteiger partial charge in [-0.1, -0.05) is 51.0 Å². The smallest absolute Gasteiger partial charge is 0.266 e. The van der Waals surface area contributed by atoms with Crippen molar-refractivity contribution in [3.05, 3.63) is 64.7 Å². The Bertz CT molecular complexity index is 1120. The van der Waals surface area contributed by atoms with Gasteiger partial charge in [-0.25, -0.2) is 4.98 Å². The maximum Gasteiger partial charge on any atom is 0.266 e. The number of unbranched alkanes of at least 4 members (excludes halogenated alkanes) is 2. The van der Waals surface area contributed by atoms with Crippen LogP contribution < -0.4 is 10.3 Å². The summed E-state index contributed by atoms with van der Waals surface area (Å²) in [6, 6.07) is 14.4. The first-order valence-corrected chi connectivity index (χ1v) is 11.5. The van der Waals surface area contributed by atoms with Crippen molar-refractivity contribution in [1.29, 1.82) is 0 Å². The fourth-order valence-electron chi connectivity index (χ4n) is 4.06. The van der Waals surface area contributed by atoms with Gasteiger partial charge in [-0.2, -0.15) is 0 Å². The van der Waals surface area contributed by atoms with Crippen LogP contribution in [0.2, 0.25) is 0 Å². The van der Waals surface area contributed by atoms with Crippen molar-refractivity contribution in [2.45, 2.75) is 58.9 Å². The highest BCUT2D eigenvalue weighted by Gasteiger charge is 2.26. The highest BCUT2D eigenvalue weighted by molar-refractivity contribution is 5.79. The lowest BCUT2D eigenvalue weighted by Crippen LogP contribution is -2.38. The molecule has 1 atom stereocenters. The van der Waals surface area contributed by atoms with Gasteiger partial charge in [0.2, 0.25) is 5.91 Å². The van der Waals surface area contributed by atoms with E-state index in [1.54, 1.807) is 17.7 Å². The molecule has 0 fully saturated rings. The number of hydrogen-bond acceptors (Lipinski definition) is 4. The van der Waals surface area contributed by atoms with E-state index < -0.39 is 0 Å². The molecule has 1 unspecified atom stereocenters. The second-order valence-electron chi connectivity index (χ2n) is 8.02. The Morgan fingerprint density at radius 3 is 2.50 bits per heavy atom. The van der Waals surface area contributed by atoms with Crippen molar-refractivity contribution in [2.24, 2.45) is 0 Å². The van der Waals surface area contributed by atoms with E-state index in [4.69, 9.17) is 9.72 Å². The summed E-state index contributed by atoms with van der Waals surface area (Å²) in [4.78, 5) is 33.5. The van der Waals surface area contributed by atoms with Gasteiger partial charge in [0.05, 0.1) is 29.7 Å². The summed E-state index contributed by atoms with van der Waals surface area (Å²) in [5.74, 6) is 1.22.